The van der Waals surface area contributed by atoms with Crippen LogP contribution < -0.4 is 9.47 Å². The van der Waals surface area contributed by atoms with Crippen LogP contribution in [0.2, 0.25) is 0 Å². The fourth-order valence-electron chi connectivity index (χ4n) is 2.88. The Morgan fingerprint density at radius 3 is 2.38 bits per heavy atom. The molecule has 0 unspecified atom stereocenters. The summed E-state index contributed by atoms with van der Waals surface area (Å²) < 4.78 is 16.9. The van der Waals surface area contributed by atoms with Crippen LogP contribution >= 0.6 is 0 Å². The van der Waals surface area contributed by atoms with Gasteiger partial charge in [-0.25, -0.2) is 9.97 Å². The van der Waals surface area contributed by atoms with E-state index in [1.807, 2.05) is 56.3 Å². The Balaban J connectivity index is 1.70. The van der Waals surface area contributed by atoms with Crippen molar-refractivity contribution in [2.45, 2.75) is 13.8 Å². The first-order chi connectivity index (χ1) is 12.6. The van der Waals surface area contributed by atoms with Crippen molar-refractivity contribution in [2.24, 2.45) is 0 Å². The number of benzene rings is 2. The minimum absolute atomic E-state index is 0.216. The van der Waals surface area contributed by atoms with Gasteiger partial charge in [0, 0.05) is 5.56 Å². The van der Waals surface area contributed by atoms with E-state index in [-0.39, 0.29) is 6.01 Å². The van der Waals surface area contributed by atoms with Crippen LogP contribution in [0.4, 0.5) is 0 Å². The molecule has 0 bridgehead atoms. The van der Waals surface area contributed by atoms with Gasteiger partial charge in [0.15, 0.2) is 0 Å². The van der Waals surface area contributed by atoms with Gasteiger partial charge in [-0.05, 0) is 49.2 Å². The standard InChI is InChI=1S/C20H17N3O3/c1-12-9-14(10-13(2)17(12)24-3)18-22-16-11-21-20(23-19(16)26-18)25-15-7-5-4-6-8-15/h4-11H,1-3H3. The minimum atomic E-state index is 0.216. The Labute approximate surface area is 150 Å². The molecule has 0 fully saturated rings. The zero-order valence-corrected chi connectivity index (χ0v) is 14.7. The lowest BCUT2D eigenvalue weighted by atomic mass is 10.1. The number of aryl methyl sites for hydroxylation is 2. The van der Waals surface area contributed by atoms with E-state index in [4.69, 9.17) is 13.9 Å². The molecule has 4 rings (SSSR count). The Bertz CT molecular complexity index is 1050. The fourth-order valence-corrected chi connectivity index (χ4v) is 2.88. The van der Waals surface area contributed by atoms with Gasteiger partial charge >= 0.3 is 6.01 Å². The van der Waals surface area contributed by atoms with Gasteiger partial charge in [0.25, 0.3) is 5.71 Å². The third-order valence-corrected chi connectivity index (χ3v) is 3.99. The highest BCUT2D eigenvalue weighted by atomic mass is 16.5. The number of oxazole rings is 1. The molecule has 0 amide bonds. The molecule has 0 saturated heterocycles. The van der Waals surface area contributed by atoms with Gasteiger partial charge in [0.2, 0.25) is 5.89 Å². The van der Waals surface area contributed by atoms with Gasteiger partial charge < -0.3 is 13.9 Å². The van der Waals surface area contributed by atoms with E-state index in [0.717, 1.165) is 22.4 Å². The first-order valence-corrected chi connectivity index (χ1v) is 8.16. The number of hydrogen-bond acceptors (Lipinski definition) is 6. The molecular weight excluding hydrogens is 330 g/mol. The molecule has 2 aromatic carbocycles. The largest absolute Gasteiger partial charge is 0.496 e. The maximum absolute atomic E-state index is 5.83. The normalized spacial score (nSPS) is 10.9. The van der Waals surface area contributed by atoms with Gasteiger partial charge in [-0.1, -0.05) is 18.2 Å². The first-order valence-electron chi connectivity index (χ1n) is 8.16. The van der Waals surface area contributed by atoms with Crippen LogP contribution in [0.15, 0.2) is 53.1 Å². The molecule has 26 heavy (non-hydrogen) atoms. The van der Waals surface area contributed by atoms with Crippen molar-refractivity contribution in [2.75, 3.05) is 7.11 Å². The summed E-state index contributed by atoms with van der Waals surface area (Å²) >= 11 is 0. The summed E-state index contributed by atoms with van der Waals surface area (Å²) in [5.74, 6) is 2.01. The Morgan fingerprint density at radius 1 is 0.962 bits per heavy atom. The van der Waals surface area contributed by atoms with Crippen molar-refractivity contribution in [3.05, 3.63) is 59.8 Å². The molecule has 0 radical (unpaired) electrons. The lowest BCUT2D eigenvalue weighted by molar-refractivity contribution is 0.408. The molecule has 0 N–H and O–H groups in total. The molecule has 6 heteroatoms. The molecule has 0 atom stereocenters. The highest BCUT2D eigenvalue weighted by Crippen LogP contribution is 2.31. The number of para-hydroxylation sites is 1. The van der Waals surface area contributed by atoms with Crippen LogP contribution in [0.25, 0.3) is 22.7 Å². The maximum Gasteiger partial charge on any atom is 0.325 e. The topological polar surface area (TPSA) is 70.3 Å². The predicted octanol–water partition coefficient (Wildman–Crippen LogP) is 4.70. The summed E-state index contributed by atoms with van der Waals surface area (Å²) in [6, 6.07) is 13.5. The van der Waals surface area contributed by atoms with E-state index in [2.05, 4.69) is 15.0 Å². The smallest absolute Gasteiger partial charge is 0.325 e. The number of ether oxygens (including phenoxy) is 2. The number of rotatable bonds is 4. The summed E-state index contributed by atoms with van der Waals surface area (Å²) in [6.07, 6.45) is 1.59. The number of methoxy groups -OCH3 is 1. The molecular formula is C20H17N3O3. The van der Waals surface area contributed by atoms with Crippen molar-refractivity contribution >= 4 is 11.2 Å². The molecule has 0 spiro atoms. The lowest BCUT2D eigenvalue weighted by Crippen LogP contribution is -1.92. The Hall–Kier alpha value is -3.41. The minimum Gasteiger partial charge on any atom is -0.496 e. The molecule has 6 nitrogen and oxygen atoms in total. The molecule has 2 aromatic heterocycles. The van der Waals surface area contributed by atoms with Crippen LogP contribution in [0.1, 0.15) is 11.1 Å². The van der Waals surface area contributed by atoms with Gasteiger partial charge in [-0.2, -0.15) is 4.98 Å². The summed E-state index contributed by atoms with van der Waals surface area (Å²) in [5, 5.41) is 0. The number of aromatic nitrogens is 3. The average molecular weight is 347 g/mol. The van der Waals surface area contributed by atoms with Gasteiger partial charge in [-0.15, -0.1) is 0 Å². The molecule has 0 saturated carbocycles. The number of nitrogens with zero attached hydrogens (tertiary/aromatic N) is 3. The van der Waals surface area contributed by atoms with Gasteiger partial charge in [0.1, 0.15) is 17.0 Å². The maximum atomic E-state index is 5.83. The van der Waals surface area contributed by atoms with E-state index in [1.54, 1.807) is 13.3 Å². The highest BCUT2D eigenvalue weighted by Gasteiger charge is 2.14. The molecule has 2 heterocycles. The Kier molecular flexibility index (Phi) is 4.01. The van der Waals surface area contributed by atoms with E-state index in [9.17, 15) is 0 Å². The number of hydrogen-bond donors (Lipinski definition) is 0. The summed E-state index contributed by atoms with van der Waals surface area (Å²) in [7, 11) is 1.66. The second-order valence-electron chi connectivity index (χ2n) is 5.92. The zero-order chi connectivity index (χ0) is 18.1. The van der Waals surface area contributed by atoms with E-state index in [1.165, 1.54) is 0 Å². The van der Waals surface area contributed by atoms with Crippen LogP contribution in [-0.4, -0.2) is 22.1 Å². The highest BCUT2D eigenvalue weighted by molar-refractivity contribution is 5.72. The third kappa shape index (κ3) is 2.97. The Morgan fingerprint density at radius 2 is 1.69 bits per heavy atom. The van der Waals surface area contributed by atoms with E-state index in [0.29, 0.717) is 22.9 Å². The summed E-state index contributed by atoms with van der Waals surface area (Å²) in [4.78, 5) is 13.0. The fraction of sp³-hybridized carbons (Fsp3) is 0.150. The lowest BCUT2D eigenvalue weighted by Gasteiger charge is -2.09. The SMILES string of the molecule is COc1c(C)cc(-c2nc3cnc(Oc4ccccc4)nc3o2)cc1C. The quantitative estimate of drug-likeness (QED) is 0.533. The third-order valence-electron chi connectivity index (χ3n) is 3.99. The van der Waals surface area contributed by atoms with Gasteiger partial charge in [0.05, 0.1) is 13.3 Å². The zero-order valence-electron chi connectivity index (χ0n) is 14.7. The van der Waals surface area contributed by atoms with Crippen molar-refractivity contribution < 1.29 is 13.9 Å². The summed E-state index contributed by atoms with van der Waals surface area (Å²) in [5.41, 5.74) is 3.86. The predicted molar refractivity (Wildman–Crippen MR) is 97.6 cm³/mol. The molecule has 130 valence electrons. The van der Waals surface area contributed by atoms with Crippen molar-refractivity contribution in [1.82, 2.24) is 15.0 Å². The molecule has 0 aliphatic rings. The summed E-state index contributed by atoms with van der Waals surface area (Å²) in [6.45, 7) is 3.98. The van der Waals surface area contributed by atoms with Crippen LogP contribution in [0.3, 0.4) is 0 Å². The second kappa shape index (κ2) is 6.48. The molecule has 4 aromatic rings. The monoisotopic (exact) mass is 347 g/mol. The molecule has 0 aliphatic heterocycles. The second-order valence-corrected chi connectivity index (χ2v) is 5.92. The van der Waals surface area contributed by atoms with Crippen molar-refractivity contribution in [1.29, 1.82) is 0 Å². The van der Waals surface area contributed by atoms with E-state index >= 15 is 0 Å². The van der Waals surface area contributed by atoms with Crippen molar-refractivity contribution in [3.8, 4) is 29.0 Å². The van der Waals surface area contributed by atoms with Crippen molar-refractivity contribution in [3.63, 3.8) is 0 Å². The van der Waals surface area contributed by atoms with E-state index < -0.39 is 0 Å². The van der Waals surface area contributed by atoms with Crippen LogP contribution in [0, 0.1) is 13.8 Å². The average Bonchev–Trinajstić information content (AvgIpc) is 3.06. The first kappa shape index (κ1) is 16.1. The molecule has 0 aliphatic carbocycles. The number of fused-ring (bicyclic) bond motifs is 1. The van der Waals surface area contributed by atoms with Gasteiger partial charge in [-0.3, -0.25) is 0 Å². The van der Waals surface area contributed by atoms with Crippen LogP contribution in [0.5, 0.6) is 17.5 Å². The van der Waals surface area contributed by atoms with Crippen LogP contribution in [-0.2, 0) is 0 Å².